The maximum Gasteiger partial charge on any atom is 0.160 e. The van der Waals surface area contributed by atoms with Gasteiger partial charge in [-0.1, -0.05) is 0 Å². The molecule has 0 aliphatic carbocycles. The normalized spacial score (nSPS) is 9.67. The molecule has 2 heterocycles. The van der Waals surface area contributed by atoms with E-state index in [1.165, 1.54) is 0 Å². The second-order valence-electron chi connectivity index (χ2n) is 2.25. The van der Waals surface area contributed by atoms with E-state index in [0.717, 1.165) is 5.56 Å². The number of aromatic nitrogens is 3. The Morgan fingerprint density at radius 1 is 1.17 bits per heavy atom. The summed E-state index contributed by atoms with van der Waals surface area (Å²) in [6, 6.07) is 6.46. The van der Waals surface area contributed by atoms with E-state index < -0.39 is 0 Å². The number of pyridine rings is 1. The van der Waals surface area contributed by atoms with Crippen LogP contribution in [0.5, 0.6) is 0 Å². The summed E-state index contributed by atoms with van der Waals surface area (Å²) in [6.45, 7) is 0. The van der Waals surface area contributed by atoms with Crippen LogP contribution in [0.15, 0.2) is 36.9 Å². The molecule has 0 saturated heterocycles. The monoisotopic (exact) mass is 156 g/mol. The summed E-state index contributed by atoms with van der Waals surface area (Å²) in [4.78, 5) is 12.1. The number of hydrogen-bond acceptors (Lipinski definition) is 3. The molecule has 0 spiro atoms. The van der Waals surface area contributed by atoms with Gasteiger partial charge >= 0.3 is 0 Å². The van der Waals surface area contributed by atoms with Crippen LogP contribution >= 0.6 is 0 Å². The van der Waals surface area contributed by atoms with Gasteiger partial charge in [-0.2, -0.15) is 0 Å². The van der Waals surface area contributed by atoms with Crippen molar-refractivity contribution in [2.24, 2.45) is 0 Å². The van der Waals surface area contributed by atoms with Crippen molar-refractivity contribution in [3.8, 4) is 11.4 Å². The maximum absolute atomic E-state index is 4.08. The highest BCUT2D eigenvalue weighted by Gasteiger charge is 1.96. The highest BCUT2D eigenvalue weighted by atomic mass is 14.9. The minimum Gasteiger partial charge on any atom is -0.263 e. The SMILES string of the molecule is [c]1cncc(-c2ncccn2)c1. The average molecular weight is 156 g/mol. The lowest BCUT2D eigenvalue weighted by Gasteiger charge is -1.95. The van der Waals surface area contributed by atoms with E-state index in [1.54, 1.807) is 30.9 Å². The molecule has 2 aromatic heterocycles. The summed E-state index contributed by atoms with van der Waals surface area (Å²) in [6.07, 6.45) is 6.73. The Hall–Kier alpha value is -1.77. The molecule has 0 aliphatic rings. The minimum atomic E-state index is 0.682. The first-order valence-electron chi connectivity index (χ1n) is 3.55. The fourth-order valence-corrected chi connectivity index (χ4v) is 0.895. The van der Waals surface area contributed by atoms with E-state index in [-0.39, 0.29) is 0 Å². The van der Waals surface area contributed by atoms with Crippen LogP contribution in [0.1, 0.15) is 0 Å². The summed E-state index contributed by atoms with van der Waals surface area (Å²) < 4.78 is 0. The van der Waals surface area contributed by atoms with Gasteiger partial charge in [0.25, 0.3) is 0 Å². The quantitative estimate of drug-likeness (QED) is 0.625. The number of rotatable bonds is 1. The third-order valence-corrected chi connectivity index (χ3v) is 1.43. The molecule has 1 radical (unpaired) electrons. The van der Waals surface area contributed by atoms with Gasteiger partial charge in [0.1, 0.15) is 0 Å². The van der Waals surface area contributed by atoms with Gasteiger partial charge in [0.05, 0.1) is 0 Å². The van der Waals surface area contributed by atoms with Crippen molar-refractivity contribution < 1.29 is 0 Å². The predicted octanol–water partition coefficient (Wildman–Crippen LogP) is 1.34. The Balaban J connectivity index is 2.46. The van der Waals surface area contributed by atoms with Crippen LogP contribution in [0.25, 0.3) is 11.4 Å². The van der Waals surface area contributed by atoms with E-state index in [9.17, 15) is 0 Å². The first-order chi connectivity index (χ1) is 5.97. The van der Waals surface area contributed by atoms with Crippen LogP contribution < -0.4 is 0 Å². The van der Waals surface area contributed by atoms with Gasteiger partial charge < -0.3 is 0 Å². The number of hydrogen-bond donors (Lipinski definition) is 0. The minimum absolute atomic E-state index is 0.682. The van der Waals surface area contributed by atoms with E-state index in [0.29, 0.717) is 5.82 Å². The summed E-state index contributed by atoms with van der Waals surface area (Å²) >= 11 is 0. The van der Waals surface area contributed by atoms with Gasteiger partial charge in [0, 0.05) is 36.4 Å². The largest absolute Gasteiger partial charge is 0.263 e. The third-order valence-electron chi connectivity index (χ3n) is 1.43. The lowest BCUT2D eigenvalue weighted by atomic mass is 10.3. The van der Waals surface area contributed by atoms with Crippen molar-refractivity contribution in [3.63, 3.8) is 0 Å². The van der Waals surface area contributed by atoms with Crippen LogP contribution in [-0.4, -0.2) is 15.0 Å². The van der Waals surface area contributed by atoms with Crippen molar-refractivity contribution in [1.82, 2.24) is 15.0 Å². The van der Waals surface area contributed by atoms with Crippen molar-refractivity contribution in [1.29, 1.82) is 0 Å². The highest BCUT2D eigenvalue weighted by molar-refractivity contribution is 5.51. The molecule has 3 nitrogen and oxygen atoms in total. The van der Waals surface area contributed by atoms with E-state index >= 15 is 0 Å². The lowest BCUT2D eigenvalue weighted by Crippen LogP contribution is -1.86. The smallest absolute Gasteiger partial charge is 0.160 e. The Labute approximate surface area is 70.1 Å². The van der Waals surface area contributed by atoms with E-state index in [2.05, 4.69) is 21.0 Å². The van der Waals surface area contributed by atoms with E-state index in [4.69, 9.17) is 0 Å². The molecule has 0 aromatic carbocycles. The molecule has 0 aliphatic heterocycles. The summed E-state index contributed by atoms with van der Waals surface area (Å²) in [5.74, 6) is 0.682. The zero-order valence-electron chi connectivity index (χ0n) is 6.31. The zero-order chi connectivity index (χ0) is 8.23. The van der Waals surface area contributed by atoms with Gasteiger partial charge in [-0.05, 0) is 12.1 Å². The summed E-state index contributed by atoms with van der Waals surface area (Å²) in [7, 11) is 0. The topological polar surface area (TPSA) is 38.7 Å². The third kappa shape index (κ3) is 1.29. The molecule has 12 heavy (non-hydrogen) atoms. The molecule has 0 N–H and O–H groups in total. The molecule has 0 amide bonds. The zero-order valence-corrected chi connectivity index (χ0v) is 6.31. The van der Waals surface area contributed by atoms with Crippen LogP contribution in [0.4, 0.5) is 0 Å². The summed E-state index contributed by atoms with van der Waals surface area (Å²) in [5.41, 5.74) is 0.887. The van der Waals surface area contributed by atoms with E-state index in [1.807, 2.05) is 6.07 Å². The fourth-order valence-electron chi connectivity index (χ4n) is 0.895. The second kappa shape index (κ2) is 3.09. The Kier molecular flexibility index (Phi) is 1.78. The van der Waals surface area contributed by atoms with Crippen LogP contribution in [-0.2, 0) is 0 Å². The maximum atomic E-state index is 4.08. The Morgan fingerprint density at radius 3 is 2.67 bits per heavy atom. The molecular weight excluding hydrogens is 150 g/mol. The molecule has 0 bridgehead atoms. The van der Waals surface area contributed by atoms with Crippen molar-refractivity contribution >= 4 is 0 Å². The fraction of sp³-hybridized carbons (Fsp3) is 0. The van der Waals surface area contributed by atoms with Gasteiger partial charge in [-0.3, -0.25) is 4.98 Å². The van der Waals surface area contributed by atoms with Gasteiger partial charge in [-0.15, -0.1) is 0 Å². The Morgan fingerprint density at radius 2 is 2.00 bits per heavy atom. The molecule has 0 saturated carbocycles. The standard InChI is InChI=1S/C9H6N3/c1-3-8(7-10-4-1)9-11-5-2-6-12-9/h2-7H. The Bertz CT molecular complexity index is 307. The highest BCUT2D eigenvalue weighted by Crippen LogP contribution is 2.09. The van der Waals surface area contributed by atoms with Gasteiger partial charge in [0.15, 0.2) is 5.82 Å². The molecule has 0 fully saturated rings. The van der Waals surface area contributed by atoms with Gasteiger partial charge in [-0.25, -0.2) is 9.97 Å². The van der Waals surface area contributed by atoms with Crippen LogP contribution in [0.3, 0.4) is 0 Å². The number of nitrogens with zero attached hydrogens (tertiary/aromatic N) is 3. The van der Waals surface area contributed by atoms with Crippen molar-refractivity contribution in [2.45, 2.75) is 0 Å². The van der Waals surface area contributed by atoms with Crippen LogP contribution in [0, 0.1) is 6.07 Å². The predicted molar refractivity (Wildman–Crippen MR) is 44.1 cm³/mol. The first-order valence-corrected chi connectivity index (χ1v) is 3.55. The second-order valence-corrected chi connectivity index (χ2v) is 2.25. The molecule has 2 rings (SSSR count). The van der Waals surface area contributed by atoms with Gasteiger partial charge in [0.2, 0.25) is 0 Å². The first kappa shape index (κ1) is 6.91. The molecule has 2 aromatic rings. The van der Waals surface area contributed by atoms with Crippen molar-refractivity contribution in [3.05, 3.63) is 43.0 Å². The summed E-state index contributed by atoms with van der Waals surface area (Å²) in [5, 5.41) is 0. The molecule has 0 atom stereocenters. The molecule has 57 valence electrons. The molecular formula is C9H6N3. The van der Waals surface area contributed by atoms with Crippen LogP contribution in [0.2, 0.25) is 0 Å². The van der Waals surface area contributed by atoms with Crippen molar-refractivity contribution in [2.75, 3.05) is 0 Å². The average Bonchev–Trinajstić information content (AvgIpc) is 2.21. The molecule has 0 unspecified atom stereocenters. The molecule has 3 heteroatoms. The lowest BCUT2D eigenvalue weighted by molar-refractivity contribution is 1.16.